The minimum Gasteiger partial charge on any atom is -0.227 e. The molecular formula is C12H15N3. The Morgan fingerprint density at radius 3 is 2.33 bits per heavy atom. The summed E-state index contributed by atoms with van der Waals surface area (Å²) in [7, 11) is 0. The minimum absolute atomic E-state index is 0.267. The van der Waals surface area contributed by atoms with Crippen LogP contribution in [0.4, 0.5) is 0 Å². The van der Waals surface area contributed by atoms with Crippen LogP contribution in [0.5, 0.6) is 0 Å². The van der Waals surface area contributed by atoms with Crippen LogP contribution in [0, 0.1) is 17.2 Å². The van der Waals surface area contributed by atoms with Crippen LogP contribution in [0.2, 0.25) is 0 Å². The molecule has 1 aromatic heterocycles. The van der Waals surface area contributed by atoms with Gasteiger partial charge in [0, 0.05) is 12.4 Å². The van der Waals surface area contributed by atoms with Gasteiger partial charge in [-0.2, -0.15) is 5.26 Å². The highest BCUT2D eigenvalue weighted by Gasteiger charge is 2.20. The lowest BCUT2D eigenvalue weighted by Gasteiger charge is -2.25. The third kappa shape index (κ3) is 2.33. The van der Waals surface area contributed by atoms with Crippen molar-refractivity contribution >= 4 is 0 Å². The molecule has 1 aromatic rings. The Morgan fingerprint density at radius 2 is 1.80 bits per heavy atom. The molecule has 2 rings (SSSR count). The number of hydrogen-bond acceptors (Lipinski definition) is 3. The summed E-state index contributed by atoms with van der Waals surface area (Å²) in [5, 5.41) is 8.60. The first-order valence-electron chi connectivity index (χ1n) is 5.51. The Kier molecular flexibility index (Phi) is 2.96. The number of aromatic nitrogens is 2. The predicted octanol–water partition coefficient (Wildman–Crippen LogP) is 2.64. The third-order valence-corrected chi connectivity index (χ3v) is 3.26. The summed E-state index contributed by atoms with van der Waals surface area (Å²) in [5.74, 6) is 1.73. The molecule has 0 aliphatic heterocycles. The molecule has 0 saturated heterocycles. The van der Waals surface area contributed by atoms with Crippen molar-refractivity contribution in [2.45, 2.75) is 38.5 Å². The van der Waals surface area contributed by atoms with Crippen molar-refractivity contribution in [3.63, 3.8) is 0 Å². The molecule has 0 spiro atoms. The van der Waals surface area contributed by atoms with Crippen molar-refractivity contribution in [1.82, 2.24) is 9.97 Å². The molecule has 1 saturated carbocycles. The third-order valence-electron chi connectivity index (χ3n) is 3.26. The van der Waals surface area contributed by atoms with Gasteiger partial charge in [0.25, 0.3) is 0 Å². The normalized spacial score (nSPS) is 25.9. The van der Waals surface area contributed by atoms with E-state index in [1.807, 2.05) is 18.5 Å². The lowest BCUT2D eigenvalue weighted by atomic mass is 9.80. The summed E-state index contributed by atoms with van der Waals surface area (Å²) >= 11 is 0. The zero-order chi connectivity index (χ0) is 10.7. The van der Waals surface area contributed by atoms with Gasteiger partial charge in [-0.25, -0.2) is 9.97 Å². The van der Waals surface area contributed by atoms with Crippen LogP contribution in [0.15, 0.2) is 12.4 Å². The second kappa shape index (κ2) is 4.39. The van der Waals surface area contributed by atoms with Crippen molar-refractivity contribution in [1.29, 1.82) is 5.26 Å². The van der Waals surface area contributed by atoms with E-state index in [9.17, 15) is 0 Å². The number of nitrogens with zero attached hydrogens (tertiary/aromatic N) is 3. The van der Waals surface area contributed by atoms with Gasteiger partial charge in [-0.1, -0.05) is 19.8 Å². The predicted molar refractivity (Wildman–Crippen MR) is 57.1 cm³/mol. The molecule has 78 valence electrons. The first-order chi connectivity index (χ1) is 7.29. The maximum atomic E-state index is 8.60. The molecule has 3 nitrogen and oxygen atoms in total. The molecular weight excluding hydrogens is 186 g/mol. The average Bonchev–Trinajstić information content (AvgIpc) is 2.30. The highest BCUT2D eigenvalue weighted by atomic mass is 14.9. The molecule has 0 aromatic carbocycles. The van der Waals surface area contributed by atoms with Crippen LogP contribution in [0.1, 0.15) is 49.9 Å². The fourth-order valence-electron chi connectivity index (χ4n) is 2.20. The van der Waals surface area contributed by atoms with Gasteiger partial charge in [0.1, 0.15) is 6.07 Å². The molecule has 0 atom stereocenters. The molecule has 1 fully saturated rings. The van der Waals surface area contributed by atoms with E-state index in [4.69, 9.17) is 5.26 Å². The van der Waals surface area contributed by atoms with Gasteiger partial charge in [0.2, 0.25) is 5.82 Å². The SMILES string of the molecule is CC1CCC(c2cnc(C#N)nc2)CC1. The van der Waals surface area contributed by atoms with E-state index in [-0.39, 0.29) is 5.82 Å². The monoisotopic (exact) mass is 201 g/mol. The van der Waals surface area contributed by atoms with Crippen LogP contribution >= 0.6 is 0 Å². The molecule has 0 bridgehead atoms. The number of hydrogen-bond donors (Lipinski definition) is 0. The Morgan fingerprint density at radius 1 is 1.20 bits per heavy atom. The lowest BCUT2D eigenvalue weighted by molar-refractivity contribution is 0.347. The standard InChI is InChI=1S/C12H15N3/c1-9-2-4-10(5-3-9)11-7-14-12(6-13)15-8-11/h7-10H,2-5H2,1H3. The lowest BCUT2D eigenvalue weighted by Crippen LogP contribution is -2.11. The fraction of sp³-hybridized carbons (Fsp3) is 0.583. The smallest absolute Gasteiger partial charge is 0.227 e. The van der Waals surface area contributed by atoms with Crippen LogP contribution in [0.25, 0.3) is 0 Å². The minimum atomic E-state index is 0.267. The van der Waals surface area contributed by atoms with Crippen LogP contribution in [-0.2, 0) is 0 Å². The second-order valence-electron chi connectivity index (χ2n) is 4.41. The zero-order valence-corrected chi connectivity index (χ0v) is 8.98. The molecule has 1 aliphatic carbocycles. The second-order valence-corrected chi connectivity index (χ2v) is 4.41. The van der Waals surface area contributed by atoms with Gasteiger partial charge in [-0.15, -0.1) is 0 Å². The highest BCUT2D eigenvalue weighted by molar-refractivity contribution is 5.17. The van der Waals surface area contributed by atoms with Crippen LogP contribution in [0.3, 0.4) is 0 Å². The van der Waals surface area contributed by atoms with Gasteiger partial charge < -0.3 is 0 Å². The molecule has 15 heavy (non-hydrogen) atoms. The quantitative estimate of drug-likeness (QED) is 0.701. The molecule has 3 heteroatoms. The van der Waals surface area contributed by atoms with Gasteiger partial charge in [0.05, 0.1) is 0 Å². The molecule has 0 unspecified atom stereocenters. The largest absolute Gasteiger partial charge is 0.232 e. The van der Waals surface area contributed by atoms with Crippen LogP contribution in [-0.4, -0.2) is 9.97 Å². The van der Waals surface area contributed by atoms with E-state index in [2.05, 4.69) is 16.9 Å². The van der Waals surface area contributed by atoms with Gasteiger partial charge in [0.15, 0.2) is 0 Å². The molecule has 0 N–H and O–H groups in total. The Bertz CT molecular complexity index is 355. The van der Waals surface area contributed by atoms with Crippen LogP contribution < -0.4 is 0 Å². The molecule has 0 radical (unpaired) electrons. The maximum Gasteiger partial charge on any atom is 0.232 e. The molecule has 0 amide bonds. The van der Waals surface area contributed by atoms with Gasteiger partial charge >= 0.3 is 0 Å². The summed E-state index contributed by atoms with van der Waals surface area (Å²) in [6, 6.07) is 1.94. The van der Waals surface area contributed by atoms with Crippen molar-refractivity contribution in [3.05, 3.63) is 23.8 Å². The summed E-state index contributed by atoms with van der Waals surface area (Å²) in [4.78, 5) is 8.04. The van der Waals surface area contributed by atoms with E-state index >= 15 is 0 Å². The Labute approximate surface area is 90.2 Å². The first-order valence-corrected chi connectivity index (χ1v) is 5.51. The van der Waals surface area contributed by atoms with Crippen molar-refractivity contribution in [2.75, 3.05) is 0 Å². The molecule has 1 aliphatic rings. The topological polar surface area (TPSA) is 49.6 Å². The van der Waals surface area contributed by atoms with Crippen molar-refractivity contribution in [2.24, 2.45) is 5.92 Å². The zero-order valence-electron chi connectivity index (χ0n) is 8.98. The summed E-state index contributed by atoms with van der Waals surface area (Å²) in [5.41, 5.74) is 1.20. The summed E-state index contributed by atoms with van der Waals surface area (Å²) < 4.78 is 0. The maximum absolute atomic E-state index is 8.60. The highest BCUT2D eigenvalue weighted by Crippen LogP contribution is 2.34. The van der Waals surface area contributed by atoms with E-state index in [1.54, 1.807) is 0 Å². The van der Waals surface area contributed by atoms with Gasteiger partial charge in [-0.3, -0.25) is 0 Å². The van der Waals surface area contributed by atoms with E-state index in [0.29, 0.717) is 5.92 Å². The van der Waals surface area contributed by atoms with E-state index < -0.39 is 0 Å². The number of rotatable bonds is 1. The number of nitriles is 1. The summed E-state index contributed by atoms with van der Waals surface area (Å²) in [6.45, 7) is 2.31. The Balaban J connectivity index is 2.07. The fourth-order valence-corrected chi connectivity index (χ4v) is 2.20. The van der Waals surface area contributed by atoms with E-state index in [0.717, 1.165) is 5.92 Å². The van der Waals surface area contributed by atoms with Gasteiger partial charge in [-0.05, 0) is 30.2 Å². The summed E-state index contributed by atoms with van der Waals surface area (Å²) in [6.07, 6.45) is 8.68. The molecule has 1 heterocycles. The van der Waals surface area contributed by atoms with E-state index in [1.165, 1.54) is 31.2 Å². The van der Waals surface area contributed by atoms with Crippen molar-refractivity contribution in [3.8, 4) is 6.07 Å². The first kappa shape index (κ1) is 10.1. The average molecular weight is 201 g/mol. The van der Waals surface area contributed by atoms with Crippen molar-refractivity contribution < 1.29 is 0 Å². The Hall–Kier alpha value is -1.43.